The van der Waals surface area contributed by atoms with Crippen LogP contribution < -0.4 is 5.32 Å². The maximum Gasteiger partial charge on any atom is 0.151 e. The summed E-state index contributed by atoms with van der Waals surface area (Å²) >= 11 is 2.90. The number of sulfone groups is 1. The summed E-state index contributed by atoms with van der Waals surface area (Å²) in [5.41, 5.74) is 0.0251. The van der Waals surface area contributed by atoms with E-state index in [-0.39, 0.29) is 10.0 Å². The molecule has 1 N–H and O–H groups in total. The lowest BCUT2D eigenvalue weighted by Crippen LogP contribution is -2.36. The molecule has 114 valence electrons. The lowest BCUT2D eigenvalue weighted by Gasteiger charge is -2.25. The molecule has 0 aliphatic rings. The van der Waals surface area contributed by atoms with Gasteiger partial charge >= 0.3 is 0 Å². The summed E-state index contributed by atoms with van der Waals surface area (Å²) in [6.45, 7) is 3.91. The molecular weight excluding hydrogens is 352 g/mol. The van der Waals surface area contributed by atoms with E-state index in [1.54, 1.807) is 0 Å². The van der Waals surface area contributed by atoms with Gasteiger partial charge in [-0.15, -0.1) is 0 Å². The fourth-order valence-electron chi connectivity index (χ4n) is 1.85. The van der Waals surface area contributed by atoms with E-state index in [9.17, 15) is 17.2 Å². The van der Waals surface area contributed by atoms with Crippen LogP contribution in [0.15, 0.2) is 16.6 Å². The van der Waals surface area contributed by atoms with Crippen molar-refractivity contribution in [3.05, 3.63) is 33.8 Å². The summed E-state index contributed by atoms with van der Waals surface area (Å²) in [7, 11) is -3.38. The Labute approximate surface area is 126 Å². The van der Waals surface area contributed by atoms with E-state index in [4.69, 9.17) is 0 Å². The lowest BCUT2D eigenvalue weighted by atomic mass is 10.0. The zero-order valence-electron chi connectivity index (χ0n) is 11.6. The van der Waals surface area contributed by atoms with Crippen molar-refractivity contribution < 1.29 is 17.2 Å². The molecule has 0 radical (unpaired) electrons. The standard InChI is InChI=1S/C13H18BrF2NO2S/c1-4-5-17-13(8(2)20(3,18)19)9-6-12(16)10(14)7-11(9)15/h6-8,13,17H,4-5H2,1-3H3. The van der Waals surface area contributed by atoms with Gasteiger partial charge in [0.2, 0.25) is 0 Å². The topological polar surface area (TPSA) is 46.2 Å². The minimum Gasteiger partial charge on any atom is -0.309 e. The third kappa shape index (κ3) is 4.23. The van der Waals surface area contributed by atoms with E-state index in [1.807, 2.05) is 6.92 Å². The van der Waals surface area contributed by atoms with Crippen molar-refractivity contribution in [1.82, 2.24) is 5.32 Å². The molecule has 2 unspecified atom stereocenters. The zero-order valence-corrected chi connectivity index (χ0v) is 14.0. The number of rotatable bonds is 6. The molecular formula is C13H18BrF2NO2S. The number of hydrogen-bond donors (Lipinski definition) is 1. The zero-order chi connectivity index (χ0) is 15.5. The van der Waals surface area contributed by atoms with E-state index in [1.165, 1.54) is 6.92 Å². The molecule has 1 aromatic carbocycles. The van der Waals surface area contributed by atoms with Crippen molar-refractivity contribution in [3.8, 4) is 0 Å². The van der Waals surface area contributed by atoms with Gasteiger partial charge in [0, 0.05) is 11.8 Å². The number of nitrogens with one attached hydrogen (secondary N) is 1. The van der Waals surface area contributed by atoms with Crippen LogP contribution in [0.4, 0.5) is 8.78 Å². The van der Waals surface area contributed by atoms with Gasteiger partial charge in [-0.2, -0.15) is 0 Å². The molecule has 0 fully saturated rings. The molecule has 7 heteroatoms. The minimum atomic E-state index is -3.38. The van der Waals surface area contributed by atoms with Crippen LogP contribution >= 0.6 is 15.9 Å². The van der Waals surface area contributed by atoms with Gasteiger partial charge in [0.25, 0.3) is 0 Å². The van der Waals surface area contributed by atoms with Crippen LogP contribution in [0.25, 0.3) is 0 Å². The van der Waals surface area contributed by atoms with Gasteiger partial charge in [-0.1, -0.05) is 6.92 Å². The molecule has 0 amide bonds. The third-order valence-corrected chi connectivity index (χ3v) is 5.36. The first-order valence-corrected chi connectivity index (χ1v) is 9.00. The first kappa shape index (κ1) is 17.5. The fraction of sp³-hybridized carbons (Fsp3) is 0.538. The quantitative estimate of drug-likeness (QED) is 0.783. The Morgan fingerprint density at radius 1 is 1.30 bits per heavy atom. The predicted octanol–water partition coefficient (Wildman–Crippen LogP) is 3.20. The minimum absolute atomic E-state index is 0.0139. The van der Waals surface area contributed by atoms with Gasteiger partial charge < -0.3 is 5.32 Å². The molecule has 1 rings (SSSR count). The van der Waals surface area contributed by atoms with Gasteiger partial charge in [0.1, 0.15) is 11.6 Å². The van der Waals surface area contributed by atoms with E-state index < -0.39 is 32.8 Å². The Hall–Kier alpha value is -0.530. The Morgan fingerprint density at radius 3 is 2.40 bits per heavy atom. The average molecular weight is 370 g/mol. The molecule has 0 saturated heterocycles. The number of hydrogen-bond acceptors (Lipinski definition) is 3. The molecule has 0 saturated carbocycles. The summed E-state index contributed by atoms with van der Waals surface area (Å²) in [5, 5.41) is 2.12. The molecule has 1 aromatic rings. The van der Waals surface area contributed by atoms with Crippen molar-refractivity contribution >= 4 is 25.8 Å². The normalized spacial score (nSPS) is 15.1. The smallest absolute Gasteiger partial charge is 0.151 e. The summed E-state index contributed by atoms with van der Waals surface area (Å²) in [4.78, 5) is 0. The fourth-order valence-corrected chi connectivity index (χ4v) is 2.90. The first-order valence-electron chi connectivity index (χ1n) is 6.25. The SMILES string of the molecule is CCCNC(c1cc(F)c(Br)cc1F)C(C)S(C)(=O)=O. The van der Waals surface area contributed by atoms with Crippen molar-refractivity contribution in [1.29, 1.82) is 0 Å². The Bertz CT molecular complexity index is 578. The molecule has 20 heavy (non-hydrogen) atoms. The summed E-state index contributed by atoms with van der Waals surface area (Å²) in [6.07, 6.45) is 1.85. The molecule has 0 heterocycles. The highest BCUT2D eigenvalue weighted by atomic mass is 79.9. The van der Waals surface area contributed by atoms with Crippen LogP contribution in [0.5, 0.6) is 0 Å². The molecule has 0 aliphatic carbocycles. The van der Waals surface area contributed by atoms with Gasteiger partial charge in [-0.05, 0) is 48.0 Å². The maximum absolute atomic E-state index is 14.0. The molecule has 0 spiro atoms. The van der Waals surface area contributed by atoms with Crippen molar-refractivity contribution in [2.45, 2.75) is 31.6 Å². The highest BCUT2D eigenvalue weighted by Crippen LogP contribution is 2.28. The molecule has 2 atom stereocenters. The van der Waals surface area contributed by atoms with Crippen LogP contribution in [0.3, 0.4) is 0 Å². The largest absolute Gasteiger partial charge is 0.309 e. The molecule has 3 nitrogen and oxygen atoms in total. The summed E-state index contributed by atoms with van der Waals surface area (Å²) in [6, 6.07) is 1.27. The first-order chi connectivity index (χ1) is 9.18. The average Bonchev–Trinajstić information content (AvgIpc) is 2.34. The number of benzene rings is 1. The van der Waals surface area contributed by atoms with Crippen molar-refractivity contribution in [2.24, 2.45) is 0 Å². The van der Waals surface area contributed by atoms with Crippen LogP contribution in [-0.4, -0.2) is 26.5 Å². The highest BCUT2D eigenvalue weighted by molar-refractivity contribution is 9.10. The Kier molecular flexibility index (Phi) is 6.09. The Balaban J connectivity index is 3.27. The van der Waals surface area contributed by atoms with E-state index in [2.05, 4.69) is 21.2 Å². The molecule has 0 aliphatic heterocycles. The van der Waals surface area contributed by atoms with E-state index >= 15 is 0 Å². The highest BCUT2D eigenvalue weighted by Gasteiger charge is 2.29. The van der Waals surface area contributed by atoms with Crippen molar-refractivity contribution in [2.75, 3.05) is 12.8 Å². The van der Waals surface area contributed by atoms with E-state index in [0.717, 1.165) is 24.8 Å². The van der Waals surface area contributed by atoms with Gasteiger partial charge in [-0.25, -0.2) is 17.2 Å². The lowest BCUT2D eigenvalue weighted by molar-refractivity contribution is 0.473. The molecule has 0 bridgehead atoms. The number of halogens is 3. The van der Waals surface area contributed by atoms with E-state index in [0.29, 0.717) is 6.54 Å². The maximum atomic E-state index is 14.0. The second-order valence-corrected chi connectivity index (χ2v) is 8.01. The van der Waals surface area contributed by atoms with Gasteiger partial charge in [-0.3, -0.25) is 0 Å². The monoisotopic (exact) mass is 369 g/mol. The Morgan fingerprint density at radius 2 is 1.90 bits per heavy atom. The van der Waals surface area contributed by atoms with Crippen LogP contribution in [-0.2, 0) is 9.84 Å². The second-order valence-electron chi connectivity index (χ2n) is 4.75. The van der Waals surface area contributed by atoms with Crippen LogP contribution in [0.2, 0.25) is 0 Å². The molecule has 0 aromatic heterocycles. The second kappa shape index (κ2) is 6.95. The predicted molar refractivity (Wildman–Crippen MR) is 79.4 cm³/mol. The summed E-state index contributed by atoms with van der Waals surface area (Å²) < 4.78 is 51.1. The van der Waals surface area contributed by atoms with Crippen LogP contribution in [0, 0.1) is 11.6 Å². The van der Waals surface area contributed by atoms with Crippen LogP contribution in [0.1, 0.15) is 31.9 Å². The third-order valence-electron chi connectivity index (χ3n) is 3.13. The summed E-state index contributed by atoms with van der Waals surface area (Å²) in [5.74, 6) is -1.26. The van der Waals surface area contributed by atoms with Gasteiger partial charge in [0.05, 0.1) is 15.8 Å². The van der Waals surface area contributed by atoms with Crippen molar-refractivity contribution in [3.63, 3.8) is 0 Å². The van der Waals surface area contributed by atoms with Gasteiger partial charge in [0.15, 0.2) is 9.84 Å².